The normalized spacial score (nSPS) is 13.0. The average molecular weight is 351 g/mol. The number of hydrogen-bond acceptors (Lipinski definition) is 4. The standard InChI is InChI=1S/C20H33NO4/c1-8-20(11-22,12-23)21-17(25)14-9-13(18(2,3)4)10-15(16(14)24)19(5,6)7/h9-10,22-24H,8,11-12H2,1-7H3,(H,21,25). The number of hydrogen-bond donors (Lipinski definition) is 4. The third-order valence-electron chi connectivity index (χ3n) is 4.69. The quantitative estimate of drug-likeness (QED) is 0.657. The van der Waals surface area contributed by atoms with Crippen LogP contribution in [0.3, 0.4) is 0 Å². The number of rotatable bonds is 5. The molecule has 0 fully saturated rings. The van der Waals surface area contributed by atoms with Crippen LogP contribution in [0.2, 0.25) is 0 Å². The van der Waals surface area contributed by atoms with Crippen LogP contribution in [0.4, 0.5) is 0 Å². The Balaban J connectivity index is 3.51. The Hall–Kier alpha value is -1.59. The van der Waals surface area contributed by atoms with E-state index in [9.17, 15) is 20.1 Å². The molecule has 0 bridgehead atoms. The number of amides is 1. The molecule has 4 N–H and O–H groups in total. The molecule has 142 valence electrons. The molecule has 25 heavy (non-hydrogen) atoms. The summed E-state index contributed by atoms with van der Waals surface area (Å²) in [6.07, 6.45) is 0.373. The number of carbonyl (C=O) groups excluding carboxylic acids is 1. The lowest BCUT2D eigenvalue weighted by Crippen LogP contribution is -2.53. The maximum Gasteiger partial charge on any atom is 0.255 e. The van der Waals surface area contributed by atoms with Crippen molar-refractivity contribution in [1.82, 2.24) is 5.32 Å². The second-order valence-corrected chi connectivity index (χ2v) is 8.82. The highest BCUT2D eigenvalue weighted by atomic mass is 16.3. The minimum Gasteiger partial charge on any atom is -0.507 e. The molecule has 5 heteroatoms. The van der Waals surface area contributed by atoms with Gasteiger partial charge in [-0.15, -0.1) is 0 Å². The highest BCUT2D eigenvalue weighted by Crippen LogP contribution is 2.37. The molecule has 0 aliphatic heterocycles. The molecular weight excluding hydrogens is 318 g/mol. The molecule has 0 aliphatic carbocycles. The summed E-state index contributed by atoms with van der Waals surface area (Å²) in [5.74, 6) is -0.557. The summed E-state index contributed by atoms with van der Waals surface area (Å²) >= 11 is 0. The summed E-state index contributed by atoms with van der Waals surface area (Å²) in [5.41, 5.74) is 0.158. The van der Waals surface area contributed by atoms with Gasteiger partial charge in [0, 0.05) is 5.56 Å². The van der Waals surface area contributed by atoms with E-state index in [1.165, 1.54) is 0 Å². The van der Waals surface area contributed by atoms with Crippen molar-refractivity contribution < 1.29 is 20.1 Å². The monoisotopic (exact) mass is 351 g/mol. The average Bonchev–Trinajstić information content (AvgIpc) is 2.50. The number of aliphatic hydroxyl groups excluding tert-OH is 2. The fourth-order valence-electron chi connectivity index (χ4n) is 2.56. The number of phenolic OH excluding ortho intramolecular Hbond substituents is 1. The van der Waals surface area contributed by atoms with Gasteiger partial charge < -0.3 is 20.6 Å². The number of benzene rings is 1. The summed E-state index contributed by atoms with van der Waals surface area (Å²) in [6, 6.07) is 3.63. The van der Waals surface area contributed by atoms with Crippen molar-refractivity contribution >= 4 is 5.91 Å². The number of aliphatic hydroxyl groups is 2. The van der Waals surface area contributed by atoms with Crippen molar-refractivity contribution in [2.24, 2.45) is 0 Å². The fraction of sp³-hybridized carbons (Fsp3) is 0.650. The molecule has 1 amide bonds. The second-order valence-electron chi connectivity index (χ2n) is 8.82. The van der Waals surface area contributed by atoms with Crippen LogP contribution in [0.15, 0.2) is 12.1 Å². The molecule has 0 aromatic heterocycles. The first-order valence-electron chi connectivity index (χ1n) is 8.73. The molecular formula is C20H33NO4. The van der Waals surface area contributed by atoms with Crippen LogP contribution in [0.25, 0.3) is 0 Å². The highest BCUT2D eigenvalue weighted by molar-refractivity contribution is 5.98. The van der Waals surface area contributed by atoms with Gasteiger partial charge in [0.25, 0.3) is 5.91 Å². The molecule has 0 radical (unpaired) electrons. The van der Waals surface area contributed by atoms with Crippen LogP contribution in [-0.4, -0.2) is 40.0 Å². The zero-order chi connectivity index (χ0) is 19.6. The third kappa shape index (κ3) is 4.73. The predicted molar refractivity (Wildman–Crippen MR) is 100 cm³/mol. The Bertz CT molecular complexity index is 612. The van der Waals surface area contributed by atoms with Crippen molar-refractivity contribution in [1.29, 1.82) is 0 Å². The molecule has 1 aromatic carbocycles. The van der Waals surface area contributed by atoms with Gasteiger partial charge in [-0.25, -0.2) is 0 Å². The summed E-state index contributed by atoms with van der Waals surface area (Å²) in [5, 5.41) is 32.6. The third-order valence-corrected chi connectivity index (χ3v) is 4.69. The smallest absolute Gasteiger partial charge is 0.255 e. The van der Waals surface area contributed by atoms with E-state index in [2.05, 4.69) is 5.32 Å². The van der Waals surface area contributed by atoms with Gasteiger partial charge in [-0.05, 0) is 28.9 Å². The van der Waals surface area contributed by atoms with Gasteiger partial charge in [0.15, 0.2) is 0 Å². The van der Waals surface area contributed by atoms with Crippen molar-refractivity contribution in [2.45, 2.75) is 71.3 Å². The summed E-state index contributed by atoms with van der Waals surface area (Å²) < 4.78 is 0. The predicted octanol–water partition coefficient (Wildman–Crippen LogP) is 2.85. The zero-order valence-corrected chi connectivity index (χ0v) is 16.5. The van der Waals surface area contributed by atoms with E-state index in [1.54, 1.807) is 13.0 Å². The van der Waals surface area contributed by atoms with Gasteiger partial charge in [-0.3, -0.25) is 4.79 Å². The maximum atomic E-state index is 12.8. The Kier molecular flexibility index (Phi) is 6.30. The van der Waals surface area contributed by atoms with E-state index in [-0.39, 0.29) is 35.4 Å². The first kappa shape index (κ1) is 21.5. The van der Waals surface area contributed by atoms with Crippen LogP contribution < -0.4 is 5.32 Å². The fourth-order valence-corrected chi connectivity index (χ4v) is 2.56. The number of aromatic hydroxyl groups is 1. The molecule has 5 nitrogen and oxygen atoms in total. The molecule has 0 spiro atoms. The van der Waals surface area contributed by atoms with Crippen molar-refractivity contribution in [3.05, 3.63) is 28.8 Å². The van der Waals surface area contributed by atoms with Gasteiger partial charge in [-0.1, -0.05) is 54.5 Å². The van der Waals surface area contributed by atoms with Gasteiger partial charge >= 0.3 is 0 Å². The van der Waals surface area contributed by atoms with Crippen molar-refractivity contribution in [2.75, 3.05) is 13.2 Å². The molecule has 0 atom stereocenters. The summed E-state index contributed by atoms with van der Waals surface area (Å²) in [7, 11) is 0. The van der Waals surface area contributed by atoms with Gasteiger partial charge in [0.1, 0.15) is 5.75 Å². The largest absolute Gasteiger partial charge is 0.507 e. The van der Waals surface area contributed by atoms with Crippen LogP contribution in [0.1, 0.15) is 76.4 Å². The van der Waals surface area contributed by atoms with Gasteiger partial charge in [0.05, 0.1) is 24.3 Å². The first-order valence-corrected chi connectivity index (χ1v) is 8.73. The Morgan fingerprint density at radius 3 is 1.88 bits per heavy atom. The Morgan fingerprint density at radius 2 is 1.52 bits per heavy atom. The number of carbonyl (C=O) groups is 1. The second kappa shape index (κ2) is 7.34. The molecule has 0 heterocycles. The van der Waals surface area contributed by atoms with Crippen LogP contribution in [0, 0.1) is 0 Å². The minimum absolute atomic E-state index is 0.0566. The Morgan fingerprint density at radius 1 is 1.00 bits per heavy atom. The molecule has 0 unspecified atom stereocenters. The molecule has 0 saturated heterocycles. The summed E-state index contributed by atoms with van der Waals surface area (Å²) in [4.78, 5) is 12.8. The van der Waals surface area contributed by atoms with E-state index >= 15 is 0 Å². The van der Waals surface area contributed by atoms with E-state index < -0.39 is 11.4 Å². The van der Waals surface area contributed by atoms with Crippen LogP contribution in [-0.2, 0) is 10.8 Å². The molecule has 1 aromatic rings. The van der Waals surface area contributed by atoms with Gasteiger partial charge in [-0.2, -0.15) is 0 Å². The van der Waals surface area contributed by atoms with Gasteiger partial charge in [0.2, 0.25) is 0 Å². The zero-order valence-electron chi connectivity index (χ0n) is 16.5. The first-order chi connectivity index (χ1) is 11.3. The molecule has 0 saturated carbocycles. The lowest BCUT2D eigenvalue weighted by Gasteiger charge is -2.31. The van der Waals surface area contributed by atoms with Crippen LogP contribution >= 0.6 is 0 Å². The van der Waals surface area contributed by atoms with Crippen molar-refractivity contribution in [3.63, 3.8) is 0 Å². The van der Waals surface area contributed by atoms with Crippen LogP contribution in [0.5, 0.6) is 5.75 Å². The number of nitrogens with one attached hydrogen (secondary N) is 1. The molecule has 0 aliphatic rings. The minimum atomic E-state index is -1.11. The van der Waals surface area contributed by atoms with E-state index in [4.69, 9.17) is 0 Å². The topological polar surface area (TPSA) is 89.8 Å². The SMILES string of the molecule is CCC(CO)(CO)NC(=O)c1cc(C(C)(C)C)cc(C(C)(C)C)c1O. The number of phenols is 1. The summed E-state index contributed by atoms with van der Waals surface area (Å²) in [6.45, 7) is 13.1. The van der Waals surface area contributed by atoms with E-state index in [0.717, 1.165) is 5.56 Å². The lowest BCUT2D eigenvalue weighted by molar-refractivity contribution is 0.0650. The van der Waals surface area contributed by atoms with Crippen molar-refractivity contribution in [3.8, 4) is 5.75 Å². The van der Waals surface area contributed by atoms with E-state index in [1.807, 2.05) is 47.6 Å². The molecule has 1 rings (SSSR count). The lowest BCUT2D eigenvalue weighted by atomic mass is 9.78. The Labute approximate surface area is 151 Å². The van der Waals surface area contributed by atoms with E-state index in [0.29, 0.717) is 12.0 Å². The highest BCUT2D eigenvalue weighted by Gasteiger charge is 2.32. The maximum absolute atomic E-state index is 12.8.